The highest BCUT2D eigenvalue weighted by Crippen LogP contribution is 2.51. The summed E-state index contributed by atoms with van der Waals surface area (Å²) >= 11 is 0. The second-order valence-corrected chi connectivity index (χ2v) is 6.63. The van der Waals surface area contributed by atoms with Crippen LogP contribution in [-0.2, 0) is 5.41 Å². The second kappa shape index (κ2) is 5.18. The van der Waals surface area contributed by atoms with Crippen LogP contribution in [0.3, 0.4) is 0 Å². The van der Waals surface area contributed by atoms with Gasteiger partial charge in [0, 0.05) is 11.4 Å². The zero-order valence-electron chi connectivity index (χ0n) is 13.1. The average molecular weight is 320 g/mol. The molecule has 0 spiro atoms. The van der Waals surface area contributed by atoms with E-state index in [1.54, 1.807) is 48.5 Å². The van der Waals surface area contributed by atoms with Crippen LogP contribution in [0.5, 0.6) is 0 Å². The molecule has 2 aromatic carbocycles. The quantitative estimate of drug-likeness (QED) is 0.590. The Morgan fingerprint density at radius 2 is 1.78 bits per heavy atom. The average Bonchev–Trinajstić information content (AvgIpc) is 2.45. The van der Waals surface area contributed by atoms with Crippen molar-refractivity contribution in [1.82, 2.24) is 0 Å². The first-order valence-electron chi connectivity index (χ1n) is 7.51. The molecular formula is C18H19F3N2. The highest BCUT2D eigenvalue weighted by Gasteiger charge is 2.49. The van der Waals surface area contributed by atoms with Crippen LogP contribution in [0.2, 0.25) is 0 Å². The lowest BCUT2D eigenvalue weighted by Crippen LogP contribution is -2.47. The fraction of sp³-hybridized carbons (Fsp3) is 0.333. The number of hydrogen-bond donors (Lipinski definition) is 1. The minimum atomic E-state index is -4.46. The van der Waals surface area contributed by atoms with Crippen molar-refractivity contribution in [2.24, 2.45) is 0 Å². The first-order chi connectivity index (χ1) is 10.7. The molecule has 0 saturated heterocycles. The van der Waals surface area contributed by atoms with Crippen LogP contribution in [0.1, 0.15) is 37.4 Å². The largest absolute Gasteiger partial charge is 0.485 e. The molecule has 2 N–H and O–H groups in total. The molecule has 0 aromatic heterocycles. The van der Waals surface area contributed by atoms with Gasteiger partial charge in [0.15, 0.2) is 0 Å². The summed E-state index contributed by atoms with van der Waals surface area (Å²) in [6.45, 7) is 3.97. The number of rotatable bonds is 1. The number of nitrogens with two attached hydrogens (primary N) is 1. The molecule has 1 heterocycles. The number of para-hydroxylation sites is 1. The molecule has 0 saturated carbocycles. The summed E-state index contributed by atoms with van der Waals surface area (Å²) in [6, 6.07) is 12.7. The first-order valence-corrected chi connectivity index (χ1v) is 7.51. The minimum Gasteiger partial charge on any atom is -0.399 e. The lowest BCUT2D eigenvalue weighted by atomic mass is 9.73. The maximum atomic E-state index is 13.8. The molecule has 2 nitrogen and oxygen atoms in total. The predicted molar refractivity (Wildman–Crippen MR) is 86.2 cm³/mol. The van der Waals surface area contributed by atoms with E-state index in [0.717, 1.165) is 5.56 Å². The van der Waals surface area contributed by atoms with E-state index in [9.17, 15) is 13.2 Å². The van der Waals surface area contributed by atoms with Crippen molar-refractivity contribution in [2.75, 3.05) is 10.6 Å². The molecule has 0 amide bonds. The second-order valence-electron chi connectivity index (χ2n) is 6.63. The molecule has 0 fully saturated rings. The zero-order chi connectivity index (χ0) is 16.8. The zero-order valence-corrected chi connectivity index (χ0v) is 13.1. The van der Waals surface area contributed by atoms with E-state index in [4.69, 9.17) is 5.73 Å². The molecule has 1 aliphatic rings. The molecule has 0 radical (unpaired) electrons. The SMILES string of the molecule is CC1(C)CC(c2cccc(N)c2)N(C(F)(F)F)c2ccccc21. The Morgan fingerprint density at radius 3 is 2.43 bits per heavy atom. The van der Waals surface area contributed by atoms with Crippen molar-refractivity contribution >= 4 is 11.4 Å². The number of hydrogen-bond acceptors (Lipinski definition) is 2. The van der Waals surface area contributed by atoms with E-state index in [2.05, 4.69) is 0 Å². The van der Waals surface area contributed by atoms with Gasteiger partial charge < -0.3 is 5.73 Å². The van der Waals surface area contributed by atoms with Gasteiger partial charge in [-0.3, -0.25) is 4.90 Å². The summed E-state index contributed by atoms with van der Waals surface area (Å²) in [4.78, 5) is 0.572. The molecule has 0 aliphatic carbocycles. The Morgan fingerprint density at radius 1 is 1.09 bits per heavy atom. The Hall–Kier alpha value is -2.17. The summed E-state index contributed by atoms with van der Waals surface area (Å²) in [5, 5.41) is 0. The van der Waals surface area contributed by atoms with Crippen LogP contribution in [-0.4, -0.2) is 6.30 Å². The number of alkyl halides is 3. The molecule has 0 bridgehead atoms. The van der Waals surface area contributed by atoms with Crippen LogP contribution < -0.4 is 10.6 Å². The first kappa shape index (κ1) is 15.7. The van der Waals surface area contributed by atoms with Crippen LogP contribution >= 0.6 is 0 Å². The molecule has 5 heteroatoms. The highest BCUT2D eigenvalue weighted by molar-refractivity contribution is 5.62. The number of nitrogens with zero attached hydrogens (tertiary/aromatic N) is 1. The Kier molecular flexibility index (Phi) is 3.54. The number of anilines is 2. The number of halogens is 3. The summed E-state index contributed by atoms with van der Waals surface area (Å²) in [6.07, 6.45) is -4.09. The van der Waals surface area contributed by atoms with Gasteiger partial charge in [0.05, 0.1) is 6.04 Å². The van der Waals surface area contributed by atoms with E-state index in [-0.39, 0.29) is 11.1 Å². The smallest absolute Gasteiger partial charge is 0.399 e. The summed E-state index contributed by atoms with van der Waals surface area (Å²) < 4.78 is 41.4. The van der Waals surface area contributed by atoms with E-state index in [1.165, 1.54) is 0 Å². The molecule has 23 heavy (non-hydrogen) atoms. The lowest BCUT2D eigenvalue weighted by Gasteiger charge is -2.46. The minimum absolute atomic E-state index is 0.226. The van der Waals surface area contributed by atoms with E-state index in [1.807, 2.05) is 13.8 Å². The highest BCUT2D eigenvalue weighted by atomic mass is 19.4. The third-order valence-corrected chi connectivity index (χ3v) is 4.48. The van der Waals surface area contributed by atoms with Crippen molar-refractivity contribution in [2.45, 2.75) is 38.0 Å². The predicted octanol–water partition coefficient (Wildman–Crippen LogP) is 5.02. The Balaban J connectivity index is 2.20. The van der Waals surface area contributed by atoms with Gasteiger partial charge in [-0.25, -0.2) is 0 Å². The lowest BCUT2D eigenvalue weighted by molar-refractivity contribution is -0.137. The van der Waals surface area contributed by atoms with Crippen molar-refractivity contribution in [1.29, 1.82) is 0 Å². The number of fused-ring (bicyclic) bond motifs is 1. The molecule has 2 aromatic rings. The third kappa shape index (κ3) is 2.76. The molecule has 3 rings (SSSR count). The van der Waals surface area contributed by atoms with E-state index in [0.29, 0.717) is 22.6 Å². The maximum Gasteiger partial charge on any atom is 0.485 e. The number of benzene rings is 2. The van der Waals surface area contributed by atoms with Gasteiger partial charge in [-0.1, -0.05) is 44.2 Å². The molecule has 1 atom stereocenters. The van der Waals surface area contributed by atoms with Crippen molar-refractivity contribution < 1.29 is 13.2 Å². The van der Waals surface area contributed by atoms with Gasteiger partial charge in [-0.15, -0.1) is 0 Å². The van der Waals surface area contributed by atoms with Gasteiger partial charge in [-0.05, 0) is 41.2 Å². The van der Waals surface area contributed by atoms with Gasteiger partial charge >= 0.3 is 6.30 Å². The third-order valence-electron chi connectivity index (χ3n) is 4.48. The molecule has 1 aliphatic heterocycles. The van der Waals surface area contributed by atoms with Crippen molar-refractivity contribution in [3.63, 3.8) is 0 Å². The van der Waals surface area contributed by atoms with Crippen molar-refractivity contribution in [3.05, 3.63) is 59.7 Å². The summed E-state index contributed by atoms with van der Waals surface area (Å²) in [7, 11) is 0. The maximum absolute atomic E-state index is 13.8. The van der Waals surface area contributed by atoms with Gasteiger partial charge in [0.2, 0.25) is 0 Å². The fourth-order valence-electron chi connectivity index (χ4n) is 3.45. The van der Waals surface area contributed by atoms with Crippen molar-refractivity contribution in [3.8, 4) is 0 Å². The Bertz CT molecular complexity index is 722. The summed E-state index contributed by atoms with van der Waals surface area (Å²) in [5.41, 5.74) is 7.44. The Labute approximate surface area is 133 Å². The van der Waals surface area contributed by atoms with Crippen LogP contribution in [0.25, 0.3) is 0 Å². The van der Waals surface area contributed by atoms with Gasteiger partial charge in [0.1, 0.15) is 0 Å². The molecular weight excluding hydrogens is 301 g/mol. The van der Waals surface area contributed by atoms with Gasteiger partial charge in [-0.2, -0.15) is 13.2 Å². The standard InChI is InChI=1S/C18H19F3N2/c1-17(2)11-16(12-6-5-7-13(22)10-12)23(18(19,20)21)15-9-4-3-8-14(15)17/h3-10,16H,11,22H2,1-2H3. The number of nitrogen functional groups attached to an aromatic ring is 1. The molecule has 1 unspecified atom stereocenters. The normalized spacial score (nSPS) is 20.2. The fourth-order valence-corrected chi connectivity index (χ4v) is 3.45. The van der Waals surface area contributed by atoms with Crippen LogP contribution in [0.4, 0.5) is 24.5 Å². The van der Waals surface area contributed by atoms with Gasteiger partial charge in [0.25, 0.3) is 0 Å². The molecule has 122 valence electrons. The van der Waals surface area contributed by atoms with E-state index < -0.39 is 12.3 Å². The summed E-state index contributed by atoms with van der Waals surface area (Å²) in [5.74, 6) is 0. The van der Waals surface area contributed by atoms with Crippen LogP contribution in [0, 0.1) is 0 Å². The monoisotopic (exact) mass is 320 g/mol. The topological polar surface area (TPSA) is 29.3 Å². The van der Waals surface area contributed by atoms with Crippen LogP contribution in [0.15, 0.2) is 48.5 Å². The van der Waals surface area contributed by atoms with E-state index >= 15 is 0 Å².